The molecule has 0 unspecified atom stereocenters. The molecule has 0 bridgehead atoms. The predicted molar refractivity (Wildman–Crippen MR) is 89.2 cm³/mol. The largest absolute Gasteiger partial charge is 0.457 e. The number of esters is 1. The fourth-order valence-corrected chi connectivity index (χ4v) is 2.46. The van der Waals surface area contributed by atoms with Gasteiger partial charge in [0.25, 0.3) is 0 Å². The molecule has 0 saturated carbocycles. The Hall–Kier alpha value is -2.60. The third-order valence-electron chi connectivity index (χ3n) is 3.68. The Balaban J connectivity index is 2.10. The molecule has 128 valence electrons. The van der Waals surface area contributed by atoms with Gasteiger partial charge in [0.2, 0.25) is 5.91 Å². The van der Waals surface area contributed by atoms with Crippen LogP contribution in [0.1, 0.15) is 34.5 Å². The van der Waals surface area contributed by atoms with Gasteiger partial charge in [-0.25, -0.2) is 4.79 Å². The monoisotopic (exact) mass is 330 g/mol. The minimum absolute atomic E-state index is 0.0568. The molecule has 0 spiro atoms. The summed E-state index contributed by atoms with van der Waals surface area (Å²) in [6.45, 7) is 0.814. The highest BCUT2D eigenvalue weighted by molar-refractivity contribution is 5.91. The highest BCUT2D eigenvalue weighted by Crippen LogP contribution is 2.16. The molecular weight excluding hydrogens is 308 g/mol. The second-order valence-electron chi connectivity index (χ2n) is 5.47. The van der Waals surface area contributed by atoms with Crippen LogP contribution in [-0.2, 0) is 29.1 Å². The zero-order valence-electron chi connectivity index (χ0n) is 13.5. The fourth-order valence-electron chi connectivity index (χ4n) is 2.46. The molecule has 0 aliphatic rings. The van der Waals surface area contributed by atoms with E-state index < -0.39 is 11.9 Å². The summed E-state index contributed by atoms with van der Waals surface area (Å²) >= 11 is 0. The Morgan fingerprint density at radius 2 is 1.92 bits per heavy atom. The Kier molecular flexibility index (Phi) is 6.57. The van der Waals surface area contributed by atoms with E-state index in [9.17, 15) is 9.59 Å². The van der Waals surface area contributed by atoms with E-state index in [4.69, 9.17) is 15.6 Å². The van der Waals surface area contributed by atoms with Crippen LogP contribution in [0.15, 0.2) is 42.6 Å². The van der Waals surface area contributed by atoms with Gasteiger partial charge in [0.1, 0.15) is 6.61 Å². The first-order valence-corrected chi connectivity index (χ1v) is 7.90. The maximum Gasteiger partial charge on any atom is 0.340 e. The number of amides is 1. The minimum Gasteiger partial charge on any atom is -0.457 e. The average molecular weight is 330 g/mol. The molecule has 0 aliphatic heterocycles. The molecule has 3 N–H and O–H groups in total. The number of aromatic nitrogens is 1. The van der Waals surface area contributed by atoms with E-state index in [1.807, 2.05) is 34.9 Å². The SMILES string of the molecule is NC(=O)CCc1c(C(=O)OCc2ccccc2)ccn1CCCO. The van der Waals surface area contributed by atoms with E-state index in [-0.39, 0.29) is 19.6 Å². The molecule has 1 heterocycles. The molecule has 0 aliphatic carbocycles. The van der Waals surface area contributed by atoms with Gasteiger partial charge in [0.15, 0.2) is 0 Å². The Bertz CT molecular complexity index is 680. The normalized spacial score (nSPS) is 10.5. The molecule has 24 heavy (non-hydrogen) atoms. The van der Waals surface area contributed by atoms with Crippen LogP contribution in [0.5, 0.6) is 0 Å². The van der Waals surface area contributed by atoms with Crippen molar-refractivity contribution < 1.29 is 19.4 Å². The highest BCUT2D eigenvalue weighted by atomic mass is 16.5. The van der Waals surface area contributed by atoms with Crippen LogP contribution < -0.4 is 5.73 Å². The summed E-state index contributed by atoms with van der Waals surface area (Å²) in [5, 5.41) is 8.98. The van der Waals surface area contributed by atoms with Gasteiger partial charge in [-0.05, 0) is 24.5 Å². The van der Waals surface area contributed by atoms with Gasteiger partial charge in [-0.2, -0.15) is 0 Å². The van der Waals surface area contributed by atoms with Crippen molar-refractivity contribution in [3.63, 3.8) is 0 Å². The van der Waals surface area contributed by atoms with E-state index in [1.165, 1.54) is 0 Å². The molecule has 1 amide bonds. The lowest BCUT2D eigenvalue weighted by Gasteiger charge is -2.10. The van der Waals surface area contributed by atoms with E-state index in [1.54, 1.807) is 12.3 Å². The number of carbonyl (C=O) groups is 2. The van der Waals surface area contributed by atoms with Crippen molar-refractivity contribution in [3.05, 3.63) is 59.4 Å². The first-order valence-electron chi connectivity index (χ1n) is 7.90. The summed E-state index contributed by atoms with van der Waals surface area (Å²) < 4.78 is 7.22. The van der Waals surface area contributed by atoms with Crippen LogP contribution in [0, 0.1) is 0 Å². The highest BCUT2D eigenvalue weighted by Gasteiger charge is 2.18. The topological polar surface area (TPSA) is 94.5 Å². The number of aryl methyl sites for hydroxylation is 1. The van der Waals surface area contributed by atoms with Gasteiger partial charge in [-0.15, -0.1) is 0 Å². The van der Waals surface area contributed by atoms with Gasteiger partial charge in [-0.1, -0.05) is 30.3 Å². The van der Waals surface area contributed by atoms with Crippen molar-refractivity contribution in [2.45, 2.75) is 32.4 Å². The quantitative estimate of drug-likeness (QED) is 0.683. The molecule has 6 nitrogen and oxygen atoms in total. The molecule has 0 atom stereocenters. The molecule has 1 aromatic carbocycles. The Morgan fingerprint density at radius 3 is 2.58 bits per heavy atom. The van der Waals surface area contributed by atoms with Crippen LogP contribution >= 0.6 is 0 Å². The van der Waals surface area contributed by atoms with Crippen molar-refractivity contribution in [1.29, 1.82) is 0 Å². The van der Waals surface area contributed by atoms with Crippen molar-refractivity contribution in [2.75, 3.05) is 6.61 Å². The Morgan fingerprint density at radius 1 is 1.17 bits per heavy atom. The third-order valence-corrected chi connectivity index (χ3v) is 3.68. The number of ether oxygens (including phenoxy) is 1. The number of aliphatic hydroxyl groups is 1. The van der Waals surface area contributed by atoms with Crippen LogP contribution in [0.2, 0.25) is 0 Å². The van der Waals surface area contributed by atoms with Gasteiger partial charge in [0.05, 0.1) is 5.56 Å². The summed E-state index contributed by atoms with van der Waals surface area (Å²) in [5.74, 6) is -0.852. The lowest BCUT2D eigenvalue weighted by Crippen LogP contribution is -2.16. The third kappa shape index (κ3) is 4.96. The summed E-state index contributed by atoms with van der Waals surface area (Å²) in [4.78, 5) is 23.4. The fraction of sp³-hybridized carbons (Fsp3) is 0.333. The van der Waals surface area contributed by atoms with Gasteiger partial charge in [0, 0.05) is 31.5 Å². The predicted octanol–water partition coefficient (Wildman–Crippen LogP) is 1.65. The maximum atomic E-state index is 12.4. The number of rotatable bonds is 9. The number of nitrogens with zero attached hydrogens (tertiary/aromatic N) is 1. The molecule has 0 fully saturated rings. The number of benzene rings is 1. The summed E-state index contributed by atoms with van der Waals surface area (Å²) in [6, 6.07) is 11.1. The number of carbonyl (C=O) groups excluding carboxylic acids is 2. The zero-order valence-corrected chi connectivity index (χ0v) is 13.5. The molecule has 0 radical (unpaired) electrons. The van der Waals surface area contributed by atoms with Crippen LogP contribution in [0.3, 0.4) is 0 Å². The van der Waals surface area contributed by atoms with E-state index in [0.29, 0.717) is 30.6 Å². The van der Waals surface area contributed by atoms with Crippen molar-refractivity contribution in [2.24, 2.45) is 5.73 Å². The minimum atomic E-state index is -0.430. The molecule has 6 heteroatoms. The second kappa shape index (κ2) is 8.88. The molecule has 2 rings (SSSR count). The standard InChI is InChI=1S/C18H22N2O4/c19-17(22)8-7-16-15(9-11-20(16)10-4-12-21)18(23)24-13-14-5-2-1-3-6-14/h1-3,5-6,9,11,21H,4,7-8,10,12-13H2,(H2,19,22). The number of hydrogen-bond acceptors (Lipinski definition) is 4. The number of hydrogen-bond donors (Lipinski definition) is 2. The van der Waals surface area contributed by atoms with E-state index in [0.717, 1.165) is 5.56 Å². The van der Waals surface area contributed by atoms with E-state index in [2.05, 4.69) is 0 Å². The first-order chi connectivity index (χ1) is 11.6. The summed E-state index contributed by atoms with van der Waals surface area (Å²) in [7, 11) is 0. The second-order valence-corrected chi connectivity index (χ2v) is 5.47. The van der Waals surface area contributed by atoms with Crippen molar-refractivity contribution >= 4 is 11.9 Å². The van der Waals surface area contributed by atoms with Crippen LogP contribution in [0.4, 0.5) is 0 Å². The van der Waals surface area contributed by atoms with Crippen LogP contribution in [-0.4, -0.2) is 28.2 Å². The molecular formula is C18H22N2O4. The van der Waals surface area contributed by atoms with Crippen LogP contribution in [0.25, 0.3) is 0 Å². The lowest BCUT2D eigenvalue weighted by atomic mass is 10.1. The molecule has 2 aromatic rings. The summed E-state index contributed by atoms with van der Waals surface area (Å²) in [6.07, 6.45) is 2.85. The number of primary amides is 1. The summed E-state index contributed by atoms with van der Waals surface area (Å²) in [5.41, 5.74) is 7.27. The molecule has 0 saturated heterocycles. The smallest absolute Gasteiger partial charge is 0.340 e. The van der Waals surface area contributed by atoms with E-state index >= 15 is 0 Å². The average Bonchev–Trinajstić information content (AvgIpc) is 2.99. The van der Waals surface area contributed by atoms with Crippen molar-refractivity contribution in [3.8, 4) is 0 Å². The van der Waals surface area contributed by atoms with Gasteiger partial charge < -0.3 is 20.1 Å². The lowest BCUT2D eigenvalue weighted by molar-refractivity contribution is -0.118. The van der Waals surface area contributed by atoms with Gasteiger partial charge >= 0.3 is 5.97 Å². The zero-order chi connectivity index (χ0) is 17.4. The van der Waals surface area contributed by atoms with Crippen molar-refractivity contribution in [1.82, 2.24) is 4.57 Å². The number of nitrogens with two attached hydrogens (primary N) is 1. The Labute approximate surface area is 140 Å². The number of aliphatic hydroxyl groups excluding tert-OH is 1. The first kappa shape index (κ1) is 17.7. The maximum absolute atomic E-state index is 12.4. The molecule has 1 aromatic heterocycles. The van der Waals surface area contributed by atoms with Gasteiger partial charge in [-0.3, -0.25) is 4.79 Å².